The highest BCUT2D eigenvalue weighted by atomic mass is 14.3. The molecule has 0 aromatic rings. The van der Waals surface area contributed by atoms with Gasteiger partial charge in [-0.2, -0.15) is 0 Å². The first-order chi connectivity index (χ1) is 6.63. The fraction of sp³-hybridized carbons (Fsp3) is 0.429. The zero-order valence-corrected chi connectivity index (χ0v) is 9.46. The maximum absolute atomic E-state index is 2.32. The second kappa shape index (κ2) is 3.27. The largest absolute Gasteiger partial charge is 0.0735 e. The van der Waals surface area contributed by atoms with Crippen LogP contribution in [0.1, 0.15) is 27.7 Å². The van der Waals surface area contributed by atoms with E-state index < -0.39 is 0 Å². The molecule has 0 saturated heterocycles. The van der Waals surface area contributed by atoms with E-state index in [2.05, 4.69) is 52.0 Å². The summed E-state index contributed by atoms with van der Waals surface area (Å²) in [6.45, 7) is 9.10. The highest BCUT2D eigenvalue weighted by Crippen LogP contribution is 2.41. The zero-order valence-electron chi connectivity index (χ0n) is 9.46. The summed E-state index contributed by atoms with van der Waals surface area (Å²) in [6, 6.07) is 0. The van der Waals surface area contributed by atoms with Gasteiger partial charge in [0.1, 0.15) is 0 Å². The van der Waals surface area contributed by atoms with Gasteiger partial charge in [-0.05, 0) is 43.4 Å². The minimum absolute atomic E-state index is 0.553. The molecule has 0 N–H and O–H groups in total. The summed E-state index contributed by atoms with van der Waals surface area (Å²) in [6.07, 6.45) is 8.89. The highest BCUT2D eigenvalue weighted by Gasteiger charge is 2.27. The fourth-order valence-corrected chi connectivity index (χ4v) is 2.57. The lowest BCUT2D eigenvalue weighted by Crippen LogP contribution is -2.05. The zero-order chi connectivity index (χ0) is 10.3. The van der Waals surface area contributed by atoms with E-state index in [1.807, 2.05) is 0 Å². The third-order valence-corrected chi connectivity index (χ3v) is 3.81. The standard InChI is InChI=1S/C14H18/c1-9-10(2)12(4)14(11(9)3)13-7-5-6-8-13/h5-8,11,13H,1-4H3. The predicted octanol–water partition coefficient (Wildman–Crippen LogP) is 4.03. The molecule has 0 amide bonds. The van der Waals surface area contributed by atoms with Gasteiger partial charge in [0.2, 0.25) is 0 Å². The molecule has 0 radical (unpaired) electrons. The summed E-state index contributed by atoms with van der Waals surface area (Å²) in [4.78, 5) is 0. The van der Waals surface area contributed by atoms with E-state index in [1.54, 1.807) is 11.1 Å². The summed E-state index contributed by atoms with van der Waals surface area (Å²) in [5.41, 5.74) is 6.16. The Morgan fingerprint density at radius 2 is 1.50 bits per heavy atom. The molecule has 74 valence electrons. The molecule has 1 atom stereocenters. The Morgan fingerprint density at radius 3 is 1.93 bits per heavy atom. The van der Waals surface area contributed by atoms with Gasteiger partial charge in [0.25, 0.3) is 0 Å². The SMILES string of the molecule is CC1=C(C)C(C)C(C2C=CC=C2)=C1C. The number of hydrogen-bond acceptors (Lipinski definition) is 0. The molecular formula is C14H18. The van der Waals surface area contributed by atoms with Gasteiger partial charge in [-0.25, -0.2) is 0 Å². The van der Waals surface area contributed by atoms with Crippen LogP contribution in [0.15, 0.2) is 46.6 Å². The first kappa shape index (κ1) is 9.51. The van der Waals surface area contributed by atoms with Gasteiger partial charge in [0, 0.05) is 5.92 Å². The van der Waals surface area contributed by atoms with Crippen molar-refractivity contribution < 1.29 is 0 Å². The summed E-state index contributed by atoms with van der Waals surface area (Å²) in [5.74, 6) is 1.18. The lowest BCUT2D eigenvalue weighted by atomic mass is 9.88. The van der Waals surface area contributed by atoms with Gasteiger partial charge in [-0.15, -0.1) is 0 Å². The lowest BCUT2D eigenvalue weighted by Gasteiger charge is -2.16. The van der Waals surface area contributed by atoms with E-state index in [4.69, 9.17) is 0 Å². The molecule has 0 saturated carbocycles. The van der Waals surface area contributed by atoms with Crippen molar-refractivity contribution in [1.29, 1.82) is 0 Å². The van der Waals surface area contributed by atoms with Crippen molar-refractivity contribution in [1.82, 2.24) is 0 Å². The third kappa shape index (κ3) is 1.21. The van der Waals surface area contributed by atoms with Crippen LogP contribution < -0.4 is 0 Å². The minimum Gasteiger partial charge on any atom is -0.0735 e. The first-order valence-corrected chi connectivity index (χ1v) is 5.36. The molecule has 0 aromatic heterocycles. The summed E-state index contributed by atoms with van der Waals surface area (Å²) < 4.78 is 0. The molecule has 0 bridgehead atoms. The molecule has 0 aliphatic heterocycles. The molecule has 0 aromatic carbocycles. The van der Waals surface area contributed by atoms with Gasteiger partial charge < -0.3 is 0 Å². The molecule has 0 heterocycles. The molecule has 2 aliphatic carbocycles. The van der Waals surface area contributed by atoms with E-state index >= 15 is 0 Å². The molecule has 2 rings (SSSR count). The Kier molecular flexibility index (Phi) is 2.22. The predicted molar refractivity (Wildman–Crippen MR) is 62.0 cm³/mol. The normalized spacial score (nSPS) is 27.3. The van der Waals surface area contributed by atoms with Crippen molar-refractivity contribution in [3.63, 3.8) is 0 Å². The maximum Gasteiger partial charge on any atom is 0.0175 e. The summed E-state index contributed by atoms with van der Waals surface area (Å²) in [7, 11) is 0. The monoisotopic (exact) mass is 186 g/mol. The van der Waals surface area contributed by atoms with Gasteiger partial charge in [0.15, 0.2) is 0 Å². The second-order valence-corrected chi connectivity index (χ2v) is 4.41. The third-order valence-electron chi connectivity index (χ3n) is 3.81. The average Bonchev–Trinajstić information content (AvgIpc) is 2.73. The molecule has 0 spiro atoms. The molecule has 1 unspecified atom stereocenters. The van der Waals surface area contributed by atoms with E-state index in [0.717, 1.165) is 0 Å². The van der Waals surface area contributed by atoms with Crippen molar-refractivity contribution in [2.75, 3.05) is 0 Å². The summed E-state index contributed by atoms with van der Waals surface area (Å²) >= 11 is 0. The Morgan fingerprint density at radius 1 is 0.929 bits per heavy atom. The molecule has 14 heavy (non-hydrogen) atoms. The average molecular weight is 186 g/mol. The first-order valence-electron chi connectivity index (χ1n) is 5.36. The minimum atomic E-state index is 0.553. The van der Waals surface area contributed by atoms with Crippen molar-refractivity contribution in [2.24, 2.45) is 11.8 Å². The number of allylic oxidation sites excluding steroid dienone is 8. The van der Waals surface area contributed by atoms with Crippen molar-refractivity contribution in [3.8, 4) is 0 Å². The fourth-order valence-electron chi connectivity index (χ4n) is 2.57. The van der Waals surface area contributed by atoms with Crippen LogP contribution in [-0.2, 0) is 0 Å². The van der Waals surface area contributed by atoms with Crippen molar-refractivity contribution in [2.45, 2.75) is 27.7 Å². The van der Waals surface area contributed by atoms with Gasteiger partial charge >= 0.3 is 0 Å². The maximum atomic E-state index is 2.32. The van der Waals surface area contributed by atoms with E-state index in [-0.39, 0.29) is 0 Å². The van der Waals surface area contributed by atoms with E-state index in [0.29, 0.717) is 11.8 Å². The summed E-state index contributed by atoms with van der Waals surface area (Å²) in [5, 5.41) is 0. The number of rotatable bonds is 1. The smallest absolute Gasteiger partial charge is 0.0175 e. The lowest BCUT2D eigenvalue weighted by molar-refractivity contribution is 0.737. The Hall–Kier alpha value is -1.04. The molecule has 0 fully saturated rings. The van der Waals surface area contributed by atoms with E-state index in [9.17, 15) is 0 Å². The topological polar surface area (TPSA) is 0 Å². The molecular weight excluding hydrogens is 168 g/mol. The van der Waals surface area contributed by atoms with Crippen LogP contribution >= 0.6 is 0 Å². The van der Waals surface area contributed by atoms with Crippen LogP contribution in [0.25, 0.3) is 0 Å². The molecule has 0 heteroatoms. The Labute approximate surface area is 86.7 Å². The van der Waals surface area contributed by atoms with E-state index in [1.165, 1.54) is 11.1 Å². The van der Waals surface area contributed by atoms with Gasteiger partial charge in [0.05, 0.1) is 0 Å². The Bertz CT molecular complexity index is 363. The van der Waals surface area contributed by atoms with Crippen LogP contribution in [0.4, 0.5) is 0 Å². The van der Waals surface area contributed by atoms with Crippen molar-refractivity contribution >= 4 is 0 Å². The molecule has 2 aliphatic rings. The van der Waals surface area contributed by atoms with Crippen LogP contribution in [0, 0.1) is 11.8 Å². The molecule has 0 nitrogen and oxygen atoms in total. The quantitative estimate of drug-likeness (QED) is 0.580. The highest BCUT2D eigenvalue weighted by molar-refractivity contribution is 5.50. The van der Waals surface area contributed by atoms with Gasteiger partial charge in [-0.1, -0.05) is 36.8 Å². The van der Waals surface area contributed by atoms with Gasteiger partial charge in [-0.3, -0.25) is 0 Å². The van der Waals surface area contributed by atoms with Crippen LogP contribution in [-0.4, -0.2) is 0 Å². The Balaban J connectivity index is 2.39. The number of hydrogen-bond donors (Lipinski definition) is 0. The second-order valence-electron chi connectivity index (χ2n) is 4.41. The van der Waals surface area contributed by atoms with Crippen LogP contribution in [0.2, 0.25) is 0 Å². The van der Waals surface area contributed by atoms with Crippen LogP contribution in [0.3, 0.4) is 0 Å². The van der Waals surface area contributed by atoms with Crippen molar-refractivity contribution in [3.05, 3.63) is 46.6 Å². The van der Waals surface area contributed by atoms with Crippen LogP contribution in [0.5, 0.6) is 0 Å².